The van der Waals surface area contributed by atoms with Crippen molar-refractivity contribution < 1.29 is 9.53 Å². The summed E-state index contributed by atoms with van der Waals surface area (Å²) in [6.07, 6.45) is 0. The molecule has 1 amide bonds. The average molecular weight is 459 g/mol. The van der Waals surface area contributed by atoms with E-state index in [0.717, 1.165) is 16.8 Å². The third-order valence-corrected chi connectivity index (χ3v) is 6.45. The van der Waals surface area contributed by atoms with E-state index in [0.29, 0.717) is 39.3 Å². The standard InChI is InChI=1S/C30H22N2O3/c1-19-11-10-12-20(2)26(19)32-28(33)23-16-7-6-15-22(23)27-30(32)35-25-18-9-8-17-24(25)29(34)31(27)21-13-4-3-5-14-21/h3-18H,1-2H3. The lowest BCUT2D eigenvalue weighted by Gasteiger charge is -2.26. The number of nitrogens with zero attached hydrogens (tertiary/aromatic N) is 2. The molecule has 4 aromatic carbocycles. The summed E-state index contributed by atoms with van der Waals surface area (Å²) < 4.78 is 8.13. The Balaban J connectivity index is 1.84. The van der Waals surface area contributed by atoms with Crippen LogP contribution in [0.25, 0.3) is 16.5 Å². The molecular formula is C30H22N2O3. The number of carbonyl (C=O) groups excluding carboxylic acids is 1. The van der Waals surface area contributed by atoms with Gasteiger partial charge in [0.05, 0.1) is 11.3 Å². The van der Waals surface area contributed by atoms with Gasteiger partial charge in [0.1, 0.15) is 11.4 Å². The van der Waals surface area contributed by atoms with Crippen LogP contribution in [0.2, 0.25) is 0 Å². The number of aromatic nitrogens is 1. The van der Waals surface area contributed by atoms with Crippen LogP contribution in [-0.2, 0) is 0 Å². The molecular weight excluding hydrogens is 436 g/mol. The summed E-state index contributed by atoms with van der Waals surface area (Å²) >= 11 is 0. The molecule has 1 aliphatic heterocycles. The second kappa shape index (κ2) is 7.99. The van der Waals surface area contributed by atoms with Crippen molar-refractivity contribution in [2.45, 2.75) is 13.8 Å². The molecule has 0 spiro atoms. The maximum absolute atomic E-state index is 14.1. The summed E-state index contributed by atoms with van der Waals surface area (Å²) in [5.74, 6) is 0.502. The minimum absolute atomic E-state index is 0.198. The molecule has 0 fully saturated rings. The van der Waals surface area contributed by atoms with Gasteiger partial charge in [0.2, 0.25) is 5.88 Å². The molecule has 5 aromatic rings. The molecule has 5 heteroatoms. The second-order valence-corrected chi connectivity index (χ2v) is 8.65. The fourth-order valence-electron chi connectivity index (χ4n) is 4.86. The van der Waals surface area contributed by atoms with Crippen molar-refractivity contribution in [3.63, 3.8) is 0 Å². The van der Waals surface area contributed by atoms with E-state index in [-0.39, 0.29) is 11.5 Å². The zero-order valence-corrected chi connectivity index (χ0v) is 19.4. The molecule has 1 aromatic heterocycles. The molecule has 0 atom stereocenters. The van der Waals surface area contributed by atoms with Crippen molar-refractivity contribution in [3.8, 4) is 17.3 Å². The lowest BCUT2D eigenvalue weighted by molar-refractivity contribution is 0.0999. The maximum atomic E-state index is 14.1. The lowest BCUT2D eigenvalue weighted by Crippen LogP contribution is -2.28. The molecule has 5 nitrogen and oxygen atoms in total. The number of pyridine rings is 1. The number of ether oxygens (including phenoxy) is 1. The number of carbonyl (C=O) groups is 1. The van der Waals surface area contributed by atoms with Gasteiger partial charge in [0.25, 0.3) is 11.5 Å². The van der Waals surface area contributed by atoms with E-state index in [1.165, 1.54) is 0 Å². The van der Waals surface area contributed by atoms with Crippen molar-refractivity contribution >= 4 is 28.1 Å². The van der Waals surface area contributed by atoms with Gasteiger partial charge in [-0.1, -0.05) is 66.7 Å². The first-order valence-corrected chi connectivity index (χ1v) is 11.5. The highest BCUT2D eigenvalue weighted by Crippen LogP contribution is 2.46. The number of para-hydroxylation sites is 3. The molecule has 2 heterocycles. The van der Waals surface area contributed by atoms with Crippen molar-refractivity contribution in [1.29, 1.82) is 0 Å². The zero-order chi connectivity index (χ0) is 24.1. The first-order valence-electron chi connectivity index (χ1n) is 11.5. The molecule has 0 saturated carbocycles. The molecule has 0 radical (unpaired) electrons. The van der Waals surface area contributed by atoms with Crippen LogP contribution in [0.1, 0.15) is 21.5 Å². The Labute approximate surface area is 202 Å². The van der Waals surface area contributed by atoms with Gasteiger partial charge in [-0.05, 0) is 55.3 Å². The fraction of sp³-hybridized carbons (Fsp3) is 0.0667. The SMILES string of the molecule is Cc1cccc(C)c1-n1c2c(c3ccccc3c1=O)N(c1ccccc1)C(=O)c1ccccc1O2. The number of anilines is 2. The highest BCUT2D eigenvalue weighted by Gasteiger charge is 2.34. The number of hydrogen-bond donors (Lipinski definition) is 0. The topological polar surface area (TPSA) is 51.5 Å². The van der Waals surface area contributed by atoms with Crippen LogP contribution < -0.4 is 15.2 Å². The Hall–Kier alpha value is -4.64. The Morgan fingerprint density at radius 1 is 0.629 bits per heavy atom. The third-order valence-electron chi connectivity index (χ3n) is 6.45. The first-order chi connectivity index (χ1) is 17.1. The Kier molecular flexibility index (Phi) is 4.78. The molecule has 0 unspecified atom stereocenters. The molecule has 1 aliphatic rings. The van der Waals surface area contributed by atoms with Crippen LogP contribution in [0.3, 0.4) is 0 Å². The molecule has 0 bridgehead atoms. The Morgan fingerprint density at radius 2 is 1.26 bits per heavy atom. The summed E-state index contributed by atoms with van der Waals surface area (Å²) in [5, 5.41) is 1.16. The van der Waals surface area contributed by atoms with Gasteiger partial charge in [-0.3, -0.25) is 14.5 Å². The molecule has 0 N–H and O–H groups in total. The quantitative estimate of drug-likeness (QED) is 0.296. The number of hydrogen-bond acceptors (Lipinski definition) is 3. The van der Waals surface area contributed by atoms with Crippen LogP contribution in [0.15, 0.2) is 102 Å². The smallest absolute Gasteiger partial charge is 0.266 e. The van der Waals surface area contributed by atoms with Crippen LogP contribution in [-0.4, -0.2) is 10.5 Å². The van der Waals surface area contributed by atoms with Crippen LogP contribution >= 0.6 is 0 Å². The number of rotatable bonds is 2. The molecule has 35 heavy (non-hydrogen) atoms. The van der Waals surface area contributed by atoms with E-state index in [2.05, 4.69) is 0 Å². The van der Waals surface area contributed by atoms with Crippen LogP contribution in [0.5, 0.6) is 11.6 Å². The summed E-state index contributed by atoms with van der Waals surface area (Å²) in [4.78, 5) is 29.8. The highest BCUT2D eigenvalue weighted by atomic mass is 16.5. The predicted octanol–water partition coefficient (Wildman–Crippen LogP) is 6.69. The van der Waals surface area contributed by atoms with Crippen molar-refractivity contribution in [2.75, 3.05) is 4.90 Å². The molecule has 6 rings (SSSR count). The molecule has 0 saturated heterocycles. The average Bonchev–Trinajstić information content (AvgIpc) is 3.01. The van der Waals surface area contributed by atoms with E-state index < -0.39 is 0 Å². The van der Waals surface area contributed by atoms with Crippen LogP contribution in [0.4, 0.5) is 11.4 Å². The highest BCUT2D eigenvalue weighted by molar-refractivity contribution is 6.18. The maximum Gasteiger partial charge on any atom is 0.266 e. The Morgan fingerprint density at radius 3 is 2.00 bits per heavy atom. The van der Waals surface area contributed by atoms with Gasteiger partial charge < -0.3 is 4.74 Å². The van der Waals surface area contributed by atoms with Crippen molar-refractivity contribution in [1.82, 2.24) is 4.57 Å². The van der Waals surface area contributed by atoms with Gasteiger partial charge in [0, 0.05) is 16.5 Å². The van der Waals surface area contributed by atoms with Gasteiger partial charge in [-0.25, -0.2) is 4.57 Å². The van der Waals surface area contributed by atoms with Crippen LogP contribution in [0, 0.1) is 13.8 Å². The van der Waals surface area contributed by atoms with Gasteiger partial charge in [-0.2, -0.15) is 0 Å². The first kappa shape index (κ1) is 20.9. The largest absolute Gasteiger partial charge is 0.437 e. The van der Waals surface area contributed by atoms with E-state index >= 15 is 0 Å². The number of fused-ring (bicyclic) bond motifs is 4. The number of benzene rings is 4. The minimum atomic E-state index is -0.220. The van der Waals surface area contributed by atoms with Gasteiger partial charge >= 0.3 is 0 Å². The molecule has 170 valence electrons. The zero-order valence-electron chi connectivity index (χ0n) is 19.4. The van der Waals surface area contributed by atoms with E-state index in [9.17, 15) is 9.59 Å². The Bertz CT molecular complexity index is 1670. The summed E-state index contributed by atoms with van der Waals surface area (Å²) in [7, 11) is 0. The summed E-state index contributed by atoms with van der Waals surface area (Å²) in [6, 6.07) is 29.9. The minimum Gasteiger partial charge on any atom is -0.437 e. The van der Waals surface area contributed by atoms with Gasteiger partial charge in [-0.15, -0.1) is 0 Å². The molecule has 0 aliphatic carbocycles. The second-order valence-electron chi connectivity index (χ2n) is 8.65. The van der Waals surface area contributed by atoms with Gasteiger partial charge in [0.15, 0.2) is 0 Å². The van der Waals surface area contributed by atoms with Crippen molar-refractivity contribution in [2.24, 2.45) is 0 Å². The fourth-order valence-corrected chi connectivity index (χ4v) is 4.86. The van der Waals surface area contributed by atoms with E-state index in [4.69, 9.17) is 4.74 Å². The van der Waals surface area contributed by atoms with Crippen molar-refractivity contribution in [3.05, 3.63) is 124 Å². The predicted molar refractivity (Wildman–Crippen MR) is 138 cm³/mol. The summed E-state index contributed by atoms with van der Waals surface area (Å²) in [5.41, 5.74) is 4.07. The lowest BCUT2D eigenvalue weighted by atomic mass is 10.1. The third kappa shape index (κ3) is 3.16. The van der Waals surface area contributed by atoms with E-state index in [1.807, 2.05) is 92.7 Å². The number of aryl methyl sites for hydroxylation is 2. The monoisotopic (exact) mass is 458 g/mol. The normalized spacial score (nSPS) is 12.6. The van der Waals surface area contributed by atoms with E-state index in [1.54, 1.807) is 27.7 Å². The number of amides is 1. The summed E-state index contributed by atoms with van der Waals surface area (Å²) in [6.45, 7) is 3.95.